The molecule has 1 fully saturated rings. The van der Waals surface area contributed by atoms with Gasteiger partial charge in [-0.1, -0.05) is 12.1 Å². The Hall–Kier alpha value is -1.79. The highest BCUT2D eigenvalue weighted by Gasteiger charge is 2.16. The van der Waals surface area contributed by atoms with Crippen LogP contribution in [-0.2, 0) is 4.79 Å². The molecule has 1 amide bonds. The van der Waals surface area contributed by atoms with Crippen LogP contribution in [0.5, 0.6) is 11.5 Å². The molecule has 6 nitrogen and oxygen atoms in total. The predicted octanol–water partition coefficient (Wildman–Crippen LogP) is 0.438. The molecule has 1 aliphatic rings. The Morgan fingerprint density at radius 3 is 2.55 bits per heavy atom. The second-order valence-electron chi connectivity index (χ2n) is 5.43. The molecule has 0 spiro atoms. The highest BCUT2D eigenvalue weighted by molar-refractivity contribution is 5.78. The van der Waals surface area contributed by atoms with Crippen molar-refractivity contribution in [3.63, 3.8) is 0 Å². The molecule has 1 N–H and O–H groups in total. The van der Waals surface area contributed by atoms with Crippen LogP contribution < -0.4 is 14.8 Å². The number of rotatable bonds is 7. The van der Waals surface area contributed by atoms with E-state index in [1.807, 2.05) is 24.3 Å². The molecule has 22 heavy (non-hydrogen) atoms. The van der Waals surface area contributed by atoms with Gasteiger partial charge in [-0.25, -0.2) is 0 Å². The zero-order chi connectivity index (χ0) is 15.8. The van der Waals surface area contributed by atoms with Crippen LogP contribution in [0.1, 0.15) is 0 Å². The van der Waals surface area contributed by atoms with E-state index in [0.29, 0.717) is 31.2 Å². The minimum atomic E-state index is 0.0492. The van der Waals surface area contributed by atoms with E-state index in [9.17, 15) is 4.79 Å². The van der Waals surface area contributed by atoms with Crippen molar-refractivity contribution in [1.82, 2.24) is 15.1 Å². The Morgan fingerprint density at radius 1 is 1.18 bits per heavy atom. The van der Waals surface area contributed by atoms with E-state index in [1.54, 1.807) is 7.11 Å². The number of methoxy groups -OCH3 is 1. The third-order valence-corrected chi connectivity index (χ3v) is 3.71. The fourth-order valence-corrected chi connectivity index (χ4v) is 2.35. The van der Waals surface area contributed by atoms with Crippen LogP contribution in [0.15, 0.2) is 24.3 Å². The Bertz CT molecular complexity index is 473. The second-order valence-corrected chi connectivity index (χ2v) is 5.43. The third-order valence-electron chi connectivity index (χ3n) is 3.71. The summed E-state index contributed by atoms with van der Waals surface area (Å²) < 4.78 is 10.8. The van der Waals surface area contributed by atoms with Crippen LogP contribution in [0.25, 0.3) is 0 Å². The highest BCUT2D eigenvalue weighted by atomic mass is 16.5. The van der Waals surface area contributed by atoms with Crippen LogP contribution in [0.3, 0.4) is 0 Å². The van der Waals surface area contributed by atoms with E-state index < -0.39 is 0 Å². The van der Waals surface area contributed by atoms with Gasteiger partial charge in [0.1, 0.15) is 6.61 Å². The number of piperazine rings is 1. The van der Waals surface area contributed by atoms with Gasteiger partial charge in [0, 0.05) is 26.2 Å². The average Bonchev–Trinajstić information content (AvgIpc) is 2.54. The van der Waals surface area contributed by atoms with Crippen LogP contribution in [0.4, 0.5) is 0 Å². The summed E-state index contributed by atoms with van der Waals surface area (Å²) in [6.45, 7) is 5.31. The SMILES string of the molecule is COc1ccccc1OCCNC(=O)CN1CCN(C)CC1. The molecule has 1 aromatic carbocycles. The summed E-state index contributed by atoms with van der Waals surface area (Å²) in [6.07, 6.45) is 0. The second kappa shape index (κ2) is 8.60. The maximum Gasteiger partial charge on any atom is 0.234 e. The molecule has 1 aliphatic heterocycles. The van der Waals surface area contributed by atoms with E-state index in [4.69, 9.17) is 9.47 Å². The quantitative estimate of drug-likeness (QED) is 0.741. The van der Waals surface area contributed by atoms with Gasteiger partial charge in [-0.05, 0) is 19.2 Å². The summed E-state index contributed by atoms with van der Waals surface area (Å²) in [6, 6.07) is 7.49. The lowest BCUT2D eigenvalue weighted by Crippen LogP contribution is -2.48. The molecule has 2 rings (SSSR count). The number of benzene rings is 1. The third kappa shape index (κ3) is 5.20. The molecule has 0 saturated carbocycles. The van der Waals surface area contributed by atoms with Crippen LogP contribution in [-0.4, -0.2) is 75.7 Å². The summed E-state index contributed by atoms with van der Waals surface area (Å²) in [5.41, 5.74) is 0. The highest BCUT2D eigenvalue weighted by Crippen LogP contribution is 2.25. The van der Waals surface area contributed by atoms with Crippen molar-refractivity contribution in [3.05, 3.63) is 24.3 Å². The van der Waals surface area contributed by atoms with E-state index in [-0.39, 0.29) is 5.91 Å². The van der Waals surface area contributed by atoms with Gasteiger partial charge in [0.2, 0.25) is 5.91 Å². The molecule has 0 atom stereocenters. The summed E-state index contributed by atoms with van der Waals surface area (Å²) in [5.74, 6) is 1.44. The fourth-order valence-electron chi connectivity index (χ4n) is 2.35. The lowest BCUT2D eigenvalue weighted by molar-refractivity contribution is -0.122. The number of nitrogens with zero attached hydrogens (tertiary/aromatic N) is 2. The van der Waals surface area contributed by atoms with Crippen molar-refractivity contribution in [3.8, 4) is 11.5 Å². The summed E-state index contributed by atoms with van der Waals surface area (Å²) in [4.78, 5) is 16.3. The smallest absolute Gasteiger partial charge is 0.234 e. The predicted molar refractivity (Wildman–Crippen MR) is 85.4 cm³/mol. The Morgan fingerprint density at radius 2 is 1.86 bits per heavy atom. The first-order valence-corrected chi connectivity index (χ1v) is 7.62. The maximum atomic E-state index is 11.9. The van der Waals surface area contributed by atoms with Crippen molar-refractivity contribution in [2.24, 2.45) is 0 Å². The number of hydrogen-bond donors (Lipinski definition) is 1. The Balaban J connectivity index is 1.63. The van der Waals surface area contributed by atoms with Crippen molar-refractivity contribution in [1.29, 1.82) is 0 Å². The van der Waals surface area contributed by atoms with Gasteiger partial charge in [0.05, 0.1) is 20.2 Å². The molecule has 0 aliphatic carbocycles. The molecule has 6 heteroatoms. The summed E-state index contributed by atoms with van der Waals surface area (Å²) in [7, 11) is 3.71. The number of carbonyl (C=O) groups is 1. The van der Waals surface area contributed by atoms with Gasteiger partial charge in [0.15, 0.2) is 11.5 Å². The zero-order valence-electron chi connectivity index (χ0n) is 13.4. The van der Waals surface area contributed by atoms with Crippen LogP contribution in [0.2, 0.25) is 0 Å². The minimum Gasteiger partial charge on any atom is -0.493 e. The molecule has 0 unspecified atom stereocenters. The maximum absolute atomic E-state index is 11.9. The first-order chi connectivity index (χ1) is 10.7. The fraction of sp³-hybridized carbons (Fsp3) is 0.562. The van der Waals surface area contributed by atoms with Gasteiger partial charge in [-0.3, -0.25) is 9.69 Å². The molecule has 0 aromatic heterocycles. The van der Waals surface area contributed by atoms with Crippen molar-refractivity contribution < 1.29 is 14.3 Å². The normalized spacial score (nSPS) is 16.3. The molecule has 1 aromatic rings. The Kier molecular flexibility index (Phi) is 6.48. The molecule has 122 valence electrons. The molecule has 0 radical (unpaired) electrons. The number of hydrogen-bond acceptors (Lipinski definition) is 5. The summed E-state index contributed by atoms with van der Waals surface area (Å²) in [5, 5.41) is 2.89. The number of carbonyl (C=O) groups excluding carboxylic acids is 1. The Labute approximate surface area is 132 Å². The number of ether oxygens (including phenoxy) is 2. The standard InChI is InChI=1S/C16H25N3O3/c1-18-8-10-19(11-9-18)13-16(20)17-7-12-22-15-6-4-3-5-14(15)21-2/h3-6H,7-13H2,1-2H3,(H,17,20). The van der Waals surface area contributed by atoms with Gasteiger partial charge in [-0.15, -0.1) is 0 Å². The first kappa shape index (κ1) is 16.6. The van der Waals surface area contributed by atoms with Crippen LogP contribution >= 0.6 is 0 Å². The molecule has 1 saturated heterocycles. The van der Waals surface area contributed by atoms with Gasteiger partial charge in [0.25, 0.3) is 0 Å². The molecular weight excluding hydrogens is 282 g/mol. The van der Waals surface area contributed by atoms with Gasteiger partial charge in [-0.2, -0.15) is 0 Å². The average molecular weight is 307 g/mol. The number of para-hydroxylation sites is 2. The monoisotopic (exact) mass is 307 g/mol. The zero-order valence-corrected chi connectivity index (χ0v) is 13.4. The van der Waals surface area contributed by atoms with E-state index in [1.165, 1.54) is 0 Å². The van der Waals surface area contributed by atoms with Crippen molar-refractivity contribution in [2.45, 2.75) is 0 Å². The topological polar surface area (TPSA) is 54.0 Å². The molecule has 1 heterocycles. The molecular formula is C16H25N3O3. The minimum absolute atomic E-state index is 0.0492. The van der Waals surface area contributed by atoms with Crippen LogP contribution in [0, 0.1) is 0 Å². The lowest BCUT2D eigenvalue weighted by Gasteiger charge is -2.31. The largest absolute Gasteiger partial charge is 0.493 e. The van der Waals surface area contributed by atoms with E-state index in [0.717, 1.165) is 26.2 Å². The number of likely N-dealkylation sites (N-methyl/N-ethyl adjacent to an activating group) is 1. The van der Waals surface area contributed by atoms with Crippen molar-refractivity contribution in [2.75, 3.05) is 60.0 Å². The molecule has 0 bridgehead atoms. The summed E-state index contributed by atoms with van der Waals surface area (Å²) >= 11 is 0. The lowest BCUT2D eigenvalue weighted by atomic mass is 10.3. The van der Waals surface area contributed by atoms with Gasteiger partial charge < -0.3 is 19.7 Å². The first-order valence-electron chi connectivity index (χ1n) is 7.62. The van der Waals surface area contributed by atoms with E-state index in [2.05, 4.69) is 22.2 Å². The van der Waals surface area contributed by atoms with Gasteiger partial charge >= 0.3 is 0 Å². The van der Waals surface area contributed by atoms with E-state index >= 15 is 0 Å². The number of amides is 1. The number of nitrogens with one attached hydrogen (secondary N) is 1. The van der Waals surface area contributed by atoms with Crippen molar-refractivity contribution >= 4 is 5.91 Å².